The third-order valence-corrected chi connectivity index (χ3v) is 3.35. The number of carbonyl (C=O) groups is 1. The minimum absolute atomic E-state index is 0. The third-order valence-electron chi connectivity index (χ3n) is 3.35. The van der Waals surface area contributed by atoms with Crippen LogP contribution in [0.1, 0.15) is 23.6 Å². The van der Waals surface area contributed by atoms with E-state index in [1.807, 2.05) is 39.2 Å². The molecule has 1 fully saturated rings. The second-order valence-corrected chi connectivity index (χ2v) is 6.36. The molecule has 6 nitrogen and oxygen atoms in total. The topological polar surface area (TPSA) is 70.2 Å². The van der Waals surface area contributed by atoms with E-state index in [9.17, 15) is 4.79 Å². The maximum absolute atomic E-state index is 11.7. The summed E-state index contributed by atoms with van der Waals surface area (Å²) in [5.74, 6) is 0. The Labute approximate surface area is 126 Å². The SMILES string of the molecule is CC(C)(C)OC(=O)NC1CN(c2cnc3[nH]ccc3c2)C1.[HH].[HH]. The molecule has 0 atom stereocenters. The van der Waals surface area contributed by atoms with Gasteiger partial charge in [0, 0.05) is 27.5 Å². The van der Waals surface area contributed by atoms with E-state index in [2.05, 4.69) is 26.3 Å². The summed E-state index contributed by atoms with van der Waals surface area (Å²) in [4.78, 5) is 21.3. The lowest BCUT2D eigenvalue weighted by atomic mass is 10.1. The molecule has 0 bridgehead atoms. The number of ether oxygens (including phenoxy) is 1. The second-order valence-electron chi connectivity index (χ2n) is 6.36. The number of amides is 1. The van der Waals surface area contributed by atoms with Gasteiger partial charge >= 0.3 is 6.09 Å². The van der Waals surface area contributed by atoms with Crippen LogP contribution < -0.4 is 10.2 Å². The standard InChI is InChI=1S/C15H20N4O2.2H2/c1-15(2,3)21-14(20)18-11-8-19(9-11)12-6-10-4-5-16-13(10)17-7-12;;/h4-7,11H,8-9H2,1-3H3,(H,16,17)(H,18,20);2*1H. The molecule has 116 valence electrons. The van der Waals surface area contributed by atoms with Gasteiger partial charge in [-0.25, -0.2) is 9.78 Å². The van der Waals surface area contributed by atoms with E-state index in [0.29, 0.717) is 0 Å². The molecular weight excluding hydrogens is 268 g/mol. The lowest BCUT2D eigenvalue weighted by molar-refractivity contribution is 0.0496. The Morgan fingerprint density at radius 3 is 3.00 bits per heavy atom. The van der Waals surface area contributed by atoms with Crippen LogP contribution in [0.4, 0.5) is 10.5 Å². The van der Waals surface area contributed by atoms with Crippen LogP contribution in [-0.4, -0.2) is 40.8 Å². The predicted molar refractivity (Wildman–Crippen MR) is 85.7 cm³/mol. The summed E-state index contributed by atoms with van der Waals surface area (Å²) in [6, 6.07) is 4.23. The van der Waals surface area contributed by atoms with Gasteiger partial charge in [0.25, 0.3) is 0 Å². The average Bonchev–Trinajstić information content (AvgIpc) is 2.77. The van der Waals surface area contributed by atoms with Gasteiger partial charge in [0.1, 0.15) is 11.2 Å². The lowest BCUT2D eigenvalue weighted by Crippen LogP contribution is -2.60. The molecule has 0 radical (unpaired) electrons. The van der Waals surface area contributed by atoms with Gasteiger partial charge in [0.2, 0.25) is 0 Å². The first-order valence-electron chi connectivity index (χ1n) is 7.08. The van der Waals surface area contributed by atoms with Gasteiger partial charge in [0.15, 0.2) is 0 Å². The highest BCUT2D eigenvalue weighted by molar-refractivity contribution is 5.79. The Balaban J connectivity index is 0.00000132. The first kappa shape index (κ1) is 13.7. The van der Waals surface area contributed by atoms with Crippen LogP contribution in [-0.2, 0) is 4.74 Å². The number of fused-ring (bicyclic) bond motifs is 1. The zero-order valence-electron chi connectivity index (χ0n) is 12.5. The summed E-state index contributed by atoms with van der Waals surface area (Å²) < 4.78 is 5.25. The fourth-order valence-electron chi connectivity index (χ4n) is 2.36. The van der Waals surface area contributed by atoms with Crippen molar-refractivity contribution in [3.05, 3.63) is 24.5 Å². The Morgan fingerprint density at radius 1 is 1.52 bits per heavy atom. The number of aromatic amines is 1. The number of nitrogens with zero attached hydrogens (tertiary/aromatic N) is 2. The third kappa shape index (κ3) is 3.09. The van der Waals surface area contributed by atoms with Crippen LogP contribution in [0, 0.1) is 0 Å². The van der Waals surface area contributed by atoms with E-state index in [-0.39, 0.29) is 15.0 Å². The molecule has 2 N–H and O–H groups in total. The van der Waals surface area contributed by atoms with Crippen molar-refractivity contribution in [2.45, 2.75) is 32.4 Å². The summed E-state index contributed by atoms with van der Waals surface area (Å²) >= 11 is 0. The lowest BCUT2D eigenvalue weighted by Gasteiger charge is -2.41. The van der Waals surface area contributed by atoms with Gasteiger partial charge < -0.3 is 19.9 Å². The fourth-order valence-corrected chi connectivity index (χ4v) is 2.36. The first-order valence-corrected chi connectivity index (χ1v) is 7.08. The van der Waals surface area contributed by atoms with Gasteiger partial charge in [-0.1, -0.05) is 0 Å². The molecule has 0 saturated carbocycles. The molecule has 1 saturated heterocycles. The number of nitrogens with one attached hydrogen (secondary N) is 2. The normalized spacial score (nSPS) is 15.9. The van der Waals surface area contributed by atoms with E-state index in [1.165, 1.54) is 0 Å². The molecule has 6 heteroatoms. The maximum atomic E-state index is 11.7. The molecule has 3 rings (SSSR count). The minimum atomic E-state index is -0.462. The highest BCUT2D eigenvalue weighted by Gasteiger charge is 2.30. The van der Waals surface area contributed by atoms with Gasteiger partial charge in [-0.15, -0.1) is 0 Å². The number of pyridine rings is 1. The number of hydrogen-bond donors (Lipinski definition) is 2. The highest BCUT2D eigenvalue weighted by atomic mass is 16.6. The van der Waals surface area contributed by atoms with Gasteiger partial charge in [0.05, 0.1) is 17.9 Å². The number of anilines is 1. The zero-order valence-corrected chi connectivity index (χ0v) is 12.5. The molecule has 1 aliphatic rings. The molecule has 0 unspecified atom stereocenters. The highest BCUT2D eigenvalue weighted by Crippen LogP contribution is 2.23. The number of hydrogen-bond acceptors (Lipinski definition) is 4. The maximum Gasteiger partial charge on any atom is 0.407 e. The number of aromatic nitrogens is 2. The van der Waals surface area contributed by atoms with Crippen LogP contribution in [0.5, 0.6) is 0 Å². The summed E-state index contributed by atoms with van der Waals surface area (Å²) in [6.45, 7) is 7.12. The van der Waals surface area contributed by atoms with E-state index >= 15 is 0 Å². The van der Waals surface area contributed by atoms with E-state index < -0.39 is 5.60 Å². The average molecular weight is 292 g/mol. The van der Waals surface area contributed by atoms with E-state index in [4.69, 9.17) is 4.74 Å². The van der Waals surface area contributed by atoms with Crippen LogP contribution in [0.15, 0.2) is 24.5 Å². The largest absolute Gasteiger partial charge is 0.444 e. The van der Waals surface area contributed by atoms with Crippen molar-refractivity contribution in [1.82, 2.24) is 15.3 Å². The molecule has 0 spiro atoms. The van der Waals surface area contributed by atoms with Crippen LogP contribution in [0.2, 0.25) is 0 Å². The smallest absolute Gasteiger partial charge is 0.407 e. The van der Waals surface area contributed by atoms with Crippen LogP contribution in [0.3, 0.4) is 0 Å². The van der Waals surface area contributed by atoms with Crippen molar-refractivity contribution in [2.24, 2.45) is 0 Å². The molecule has 0 aliphatic carbocycles. The number of alkyl carbamates (subject to hydrolysis) is 1. The summed E-state index contributed by atoms with van der Waals surface area (Å²) in [7, 11) is 0. The Kier molecular flexibility index (Phi) is 3.23. The molecule has 21 heavy (non-hydrogen) atoms. The molecule has 1 amide bonds. The predicted octanol–water partition coefficient (Wildman–Crippen LogP) is 2.77. The minimum Gasteiger partial charge on any atom is -0.444 e. The molecule has 0 aromatic carbocycles. The Hall–Kier alpha value is -2.24. The summed E-state index contributed by atoms with van der Waals surface area (Å²) in [5, 5.41) is 3.97. The van der Waals surface area contributed by atoms with Crippen molar-refractivity contribution < 1.29 is 12.4 Å². The Bertz CT molecular complexity index is 663. The van der Waals surface area contributed by atoms with Crippen molar-refractivity contribution >= 4 is 22.8 Å². The second kappa shape index (κ2) is 4.95. The van der Waals surface area contributed by atoms with Gasteiger partial charge in [-0.3, -0.25) is 0 Å². The molecule has 2 aromatic rings. The van der Waals surface area contributed by atoms with Crippen molar-refractivity contribution in [3.8, 4) is 0 Å². The Morgan fingerprint density at radius 2 is 2.29 bits per heavy atom. The van der Waals surface area contributed by atoms with Crippen molar-refractivity contribution in [1.29, 1.82) is 0 Å². The zero-order chi connectivity index (χ0) is 15.0. The van der Waals surface area contributed by atoms with Crippen LogP contribution in [0.25, 0.3) is 11.0 Å². The van der Waals surface area contributed by atoms with Crippen LogP contribution >= 0.6 is 0 Å². The van der Waals surface area contributed by atoms with E-state index in [0.717, 1.165) is 29.8 Å². The first-order chi connectivity index (χ1) is 9.90. The van der Waals surface area contributed by atoms with Gasteiger partial charge in [-0.05, 0) is 32.9 Å². The number of rotatable bonds is 2. The summed E-state index contributed by atoms with van der Waals surface area (Å²) in [6.07, 6.45) is 3.37. The van der Waals surface area contributed by atoms with Gasteiger partial charge in [-0.2, -0.15) is 0 Å². The summed E-state index contributed by atoms with van der Waals surface area (Å²) in [5.41, 5.74) is 1.50. The monoisotopic (exact) mass is 292 g/mol. The number of H-pyrrole nitrogens is 1. The molecule has 1 aliphatic heterocycles. The molecule has 3 heterocycles. The van der Waals surface area contributed by atoms with E-state index in [1.54, 1.807) is 0 Å². The van der Waals surface area contributed by atoms with Crippen molar-refractivity contribution in [2.75, 3.05) is 18.0 Å². The fraction of sp³-hybridized carbons (Fsp3) is 0.467. The molecular formula is C15H24N4O2. The van der Waals surface area contributed by atoms with Crippen molar-refractivity contribution in [3.63, 3.8) is 0 Å². The number of carbonyl (C=O) groups excluding carboxylic acids is 1. The molecule has 2 aromatic heterocycles. The quantitative estimate of drug-likeness (QED) is 0.893.